The van der Waals surface area contributed by atoms with E-state index in [1.165, 1.54) is 66.4 Å². The van der Waals surface area contributed by atoms with Crippen molar-refractivity contribution in [3.05, 3.63) is 229 Å². The number of para-hydroxylation sites is 1. The van der Waals surface area contributed by atoms with Crippen LogP contribution in [0.1, 0.15) is 22.3 Å². The largest absolute Gasteiger partial charge is 0.294 e. The van der Waals surface area contributed by atoms with Crippen LogP contribution in [0.15, 0.2) is 206 Å². The second-order valence-corrected chi connectivity index (χ2v) is 14.3. The van der Waals surface area contributed by atoms with Crippen LogP contribution in [-0.4, -0.2) is 9.55 Å². The van der Waals surface area contributed by atoms with Crippen LogP contribution in [0, 0.1) is 0 Å². The van der Waals surface area contributed by atoms with Gasteiger partial charge in [0.1, 0.15) is 5.82 Å². The normalized spacial score (nSPS) is 13.0. The summed E-state index contributed by atoms with van der Waals surface area (Å²) >= 11 is 0. The van der Waals surface area contributed by atoms with Gasteiger partial charge in [0.25, 0.3) is 0 Å². The summed E-state index contributed by atoms with van der Waals surface area (Å²) in [6.45, 7) is 0. The van der Waals surface area contributed by atoms with Gasteiger partial charge in [0.05, 0.1) is 22.0 Å². The van der Waals surface area contributed by atoms with E-state index in [9.17, 15) is 0 Å². The highest BCUT2D eigenvalue weighted by molar-refractivity contribution is 6.11. The highest BCUT2D eigenvalue weighted by Crippen LogP contribution is 2.56. The molecule has 2 nitrogen and oxygen atoms in total. The minimum atomic E-state index is -0.483. The molecule has 0 aliphatic heterocycles. The molecule has 0 spiro atoms. The zero-order valence-corrected chi connectivity index (χ0v) is 29.5. The van der Waals surface area contributed by atoms with E-state index in [-0.39, 0.29) is 0 Å². The van der Waals surface area contributed by atoms with Crippen LogP contribution in [0.4, 0.5) is 0 Å². The molecular weight excluding hydrogens is 653 g/mol. The first kappa shape index (κ1) is 30.6. The van der Waals surface area contributed by atoms with Crippen molar-refractivity contribution in [2.45, 2.75) is 5.41 Å². The van der Waals surface area contributed by atoms with Crippen molar-refractivity contribution in [3.8, 4) is 39.2 Å². The van der Waals surface area contributed by atoms with Crippen LogP contribution in [0.5, 0.6) is 0 Å². The third kappa shape index (κ3) is 4.44. The fraction of sp³-hybridized carbons (Fsp3) is 0.0192. The number of rotatable bonds is 5. The van der Waals surface area contributed by atoms with Gasteiger partial charge in [0.15, 0.2) is 0 Å². The molecule has 2 heteroatoms. The number of hydrogen-bond acceptors (Lipinski definition) is 1. The lowest BCUT2D eigenvalue weighted by Crippen LogP contribution is -2.28. The molecule has 0 radical (unpaired) electrons. The van der Waals surface area contributed by atoms with Crippen LogP contribution in [-0.2, 0) is 5.41 Å². The van der Waals surface area contributed by atoms with Crippen molar-refractivity contribution in [1.82, 2.24) is 9.55 Å². The van der Waals surface area contributed by atoms with E-state index in [1.54, 1.807) is 0 Å². The summed E-state index contributed by atoms with van der Waals surface area (Å²) in [4.78, 5) is 5.39. The number of nitrogens with zero attached hydrogens (tertiary/aromatic N) is 2. The van der Waals surface area contributed by atoms with E-state index in [2.05, 4.69) is 211 Å². The summed E-state index contributed by atoms with van der Waals surface area (Å²) in [5, 5.41) is 3.55. The van der Waals surface area contributed by atoms with Gasteiger partial charge in [-0.1, -0.05) is 176 Å². The Hall–Kier alpha value is -7.03. The summed E-state index contributed by atoms with van der Waals surface area (Å²) in [5.74, 6) is 0.903. The maximum absolute atomic E-state index is 5.39. The SMILES string of the molecule is c1ccc(-c2ccc3c4cc(C5(c6ccccc6)c6ccccc6-c6ccccc65)ccc4n(-c4cc(-c5ccccc5)c5ccccc5n4)c3c2)cc1. The topological polar surface area (TPSA) is 17.8 Å². The molecule has 0 amide bonds. The number of aromatic nitrogens is 2. The van der Waals surface area contributed by atoms with Gasteiger partial charge < -0.3 is 0 Å². The summed E-state index contributed by atoms with van der Waals surface area (Å²) < 4.78 is 2.38. The molecule has 2 aromatic heterocycles. The first-order valence-electron chi connectivity index (χ1n) is 18.6. The molecule has 2 heterocycles. The van der Waals surface area contributed by atoms with Gasteiger partial charge in [-0.15, -0.1) is 0 Å². The van der Waals surface area contributed by atoms with Gasteiger partial charge in [0, 0.05) is 16.2 Å². The maximum Gasteiger partial charge on any atom is 0.138 e. The van der Waals surface area contributed by atoms with E-state index >= 15 is 0 Å². The highest BCUT2D eigenvalue weighted by atomic mass is 15.1. The van der Waals surface area contributed by atoms with E-state index in [1.807, 2.05) is 0 Å². The molecule has 0 fully saturated rings. The molecule has 252 valence electrons. The molecule has 0 bridgehead atoms. The fourth-order valence-electron chi connectivity index (χ4n) is 9.16. The van der Waals surface area contributed by atoms with Crippen molar-refractivity contribution in [3.63, 3.8) is 0 Å². The lowest BCUT2D eigenvalue weighted by atomic mass is 9.67. The van der Waals surface area contributed by atoms with E-state index < -0.39 is 5.41 Å². The smallest absolute Gasteiger partial charge is 0.138 e. The van der Waals surface area contributed by atoms with Crippen LogP contribution in [0.25, 0.3) is 71.9 Å². The molecule has 1 aliphatic rings. The van der Waals surface area contributed by atoms with Gasteiger partial charge >= 0.3 is 0 Å². The Kier molecular flexibility index (Phi) is 6.80. The lowest BCUT2D eigenvalue weighted by molar-refractivity contribution is 0.770. The number of pyridine rings is 1. The van der Waals surface area contributed by atoms with Crippen LogP contribution in [0.3, 0.4) is 0 Å². The molecule has 1 aliphatic carbocycles. The van der Waals surface area contributed by atoms with Gasteiger partial charge in [-0.2, -0.15) is 0 Å². The summed E-state index contributed by atoms with van der Waals surface area (Å²) in [7, 11) is 0. The molecule has 54 heavy (non-hydrogen) atoms. The Balaban J connectivity index is 1.24. The first-order chi connectivity index (χ1) is 26.8. The average molecular weight is 687 g/mol. The summed E-state index contributed by atoms with van der Waals surface area (Å²) in [6.07, 6.45) is 0. The second-order valence-electron chi connectivity index (χ2n) is 14.3. The fourth-order valence-corrected chi connectivity index (χ4v) is 9.16. The molecule has 8 aromatic carbocycles. The minimum Gasteiger partial charge on any atom is -0.294 e. The molecule has 0 saturated heterocycles. The lowest BCUT2D eigenvalue weighted by Gasteiger charge is -2.34. The minimum absolute atomic E-state index is 0.483. The van der Waals surface area contributed by atoms with Crippen molar-refractivity contribution in [2.75, 3.05) is 0 Å². The molecule has 0 unspecified atom stereocenters. The zero-order valence-electron chi connectivity index (χ0n) is 29.5. The van der Waals surface area contributed by atoms with Crippen LogP contribution < -0.4 is 0 Å². The molecule has 0 N–H and O–H groups in total. The first-order valence-corrected chi connectivity index (χ1v) is 18.6. The predicted molar refractivity (Wildman–Crippen MR) is 224 cm³/mol. The number of benzene rings is 8. The Bertz CT molecular complexity index is 2990. The van der Waals surface area contributed by atoms with Gasteiger partial charge in [-0.25, -0.2) is 4.98 Å². The highest BCUT2D eigenvalue weighted by Gasteiger charge is 2.46. The average Bonchev–Trinajstić information content (AvgIpc) is 3.74. The molecule has 10 aromatic rings. The maximum atomic E-state index is 5.39. The van der Waals surface area contributed by atoms with E-state index in [4.69, 9.17) is 4.98 Å². The Labute approximate surface area is 314 Å². The van der Waals surface area contributed by atoms with Gasteiger partial charge in [-0.05, 0) is 86.0 Å². The summed E-state index contributed by atoms with van der Waals surface area (Å²) in [5.41, 5.74) is 15.2. The van der Waals surface area contributed by atoms with Crippen molar-refractivity contribution < 1.29 is 0 Å². The van der Waals surface area contributed by atoms with Gasteiger partial charge in [0.2, 0.25) is 0 Å². The Morgan fingerprint density at radius 3 is 1.69 bits per heavy atom. The quantitative estimate of drug-likeness (QED) is 0.176. The number of fused-ring (bicyclic) bond motifs is 7. The zero-order chi connectivity index (χ0) is 35.6. The van der Waals surface area contributed by atoms with Crippen LogP contribution >= 0.6 is 0 Å². The monoisotopic (exact) mass is 686 g/mol. The Morgan fingerprint density at radius 2 is 0.963 bits per heavy atom. The molecular formula is C52H34N2. The predicted octanol–water partition coefficient (Wildman–Crippen LogP) is 13.0. The van der Waals surface area contributed by atoms with Crippen molar-refractivity contribution >= 4 is 32.7 Å². The molecule has 11 rings (SSSR count). The third-order valence-electron chi connectivity index (χ3n) is 11.5. The second kappa shape index (κ2) is 12.0. The van der Waals surface area contributed by atoms with Gasteiger partial charge in [-0.3, -0.25) is 4.57 Å². The van der Waals surface area contributed by atoms with Crippen LogP contribution in [0.2, 0.25) is 0 Å². The Morgan fingerprint density at radius 1 is 0.352 bits per heavy atom. The standard InChI is InChI=1S/C52H34N2/c1-4-16-35(17-5-1)37-28-30-43-45-33-39(52(38-20-8-3-9-21-38)46-25-13-10-22-40(46)41-23-11-14-26-47(41)52)29-31-49(45)54(50(43)32-37)51-34-44(36-18-6-2-7-19-36)42-24-12-15-27-48(42)53-51/h1-34H. The van der Waals surface area contributed by atoms with Crippen molar-refractivity contribution in [2.24, 2.45) is 0 Å². The molecule has 0 atom stereocenters. The third-order valence-corrected chi connectivity index (χ3v) is 11.5. The van der Waals surface area contributed by atoms with E-state index in [0.29, 0.717) is 0 Å². The number of hydrogen-bond donors (Lipinski definition) is 0. The molecule has 0 saturated carbocycles. The summed E-state index contributed by atoms with van der Waals surface area (Å²) in [6, 6.07) is 75.2. The van der Waals surface area contributed by atoms with E-state index in [0.717, 1.165) is 27.8 Å². The van der Waals surface area contributed by atoms with Crippen molar-refractivity contribution in [1.29, 1.82) is 0 Å².